The highest BCUT2D eigenvalue weighted by Gasteiger charge is 2.23. The highest BCUT2D eigenvalue weighted by atomic mass is 35.7. The molecule has 0 spiro atoms. The van der Waals surface area contributed by atoms with E-state index in [4.69, 9.17) is 20.2 Å². The molecule has 0 saturated carbocycles. The maximum Gasteiger partial charge on any atom is 0.236 e. The molecule has 0 N–H and O–H groups in total. The lowest BCUT2D eigenvalue weighted by molar-refractivity contribution is 0.385. The molecule has 0 aliphatic carbocycles. The van der Waals surface area contributed by atoms with Gasteiger partial charge in [0.15, 0.2) is 0 Å². The average Bonchev–Trinajstić information content (AvgIpc) is 2.24. The zero-order chi connectivity index (χ0) is 14.8. The number of hydrogen-bond acceptors (Lipinski definition) is 4. The summed E-state index contributed by atoms with van der Waals surface area (Å²) in [5.41, 5.74) is 1.29. The molecule has 0 bridgehead atoms. The molecule has 0 heterocycles. The third-order valence-corrected chi connectivity index (χ3v) is 3.72. The summed E-state index contributed by atoms with van der Waals surface area (Å²) in [6.07, 6.45) is 0. The van der Waals surface area contributed by atoms with Crippen LogP contribution in [0.4, 0.5) is 0 Å². The molecule has 0 aromatic heterocycles. The fourth-order valence-corrected chi connectivity index (χ4v) is 2.80. The molecular weight excluding hydrogens is 288 g/mol. The molecule has 19 heavy (non-hydrogen) atoms. The first-order valence-corrected chi connectivity index (χ1v) is 8.24. The van der Waals surface area contributed by atoms with Crippen molar-refractivity contribution in [1.29, 1.82) is 0 Å². The Kier molecular flexibility index (Phi) is 4.74. The highest BCUT2D eigenvalue weighted by molar-refractivity contribution is 8.13. The molecule has 0 fully saturated rings. The number of methoxy groups -OCH3 is 2. The second kappa shape index (κ2) is 5.59. The molecule has 0 radical (unpaired) electrons. The standard InChI is InChI=1S/C13H19ClO4S/c1-13(2,3)10-7-11(17-4)9(6-12(10)18-5)8-19(14,15)16/h6-7H,8H2,1-5H3. The smallest absolute Gasteiger partial charge is 0.236 e. The van der Waals surface area contributed by atoms with E-state index in [9.17, 15) is 8.42 Å². The molecule has 0 saturated heterocycles. The van der Waals surface area contributed by atoms with E-state index in [0.717, 1.165) is 5.56 Å². The molecule has 0 amide bonds. The van der Waals surface area contributed by atoms with Crippen LogP contribution in [0, 0.1) is 0 Å². The second-order valence-electron chi connectivity index (χ2n) is 5.30. The fourth-order valence-electron chi connectivity index (χ4n) is 1.85. The van der Waals surface area contributed by atoms with Crippen LogP contribution < -0.4 is 9.47 Å². The number of halogens is 1. The molecule has 6 heteroatoms. The molecule has 0 aliphatic rings. The monoisotopic (exact) mass is 306 g/mol. The van der Waals surface area contributed by atoms with Gasteiger partial charge in [-0.25, -0.2) is 8.42 Å². The predicted octanol–water partition coefficient (Wildman–Crippen LogP) is 3.07. The summed E-state index contributed by atoms with van der Waals surface area (Å²) in [6, 6.07) is 3.47. The third-order valence-electron chi connectivity index (χ3n) is 2.74. The molecule has 1 aromatic carbocycles. The van der Waals surface area contributed by atoms with Gasteiger partial charge in [0.1, 0.15) is 11.5 Å². The van der Waals surface area contributed by atoms with Crippen LogP contribution in [0.25, 0.3) is 0 Å². The summed E-state index contributed by atoms with van der Waals surface area (Å²) in [6.45, 7) is 6.13. The molecule has 0 aliphatic heterocycles. The van der Waals surface area contributed by atoms with Crippen molar-refractivity contribution in [3.63, 3.8) is 0 Å². The van der Waals surface area contributed by atoms with Gasteiger partial charge in [0.05, 0.1) is 20.0 Å². The van der Waals surface area contributed by atoms with Crippen molar-refractivity contribution < 1.29 is 17.9 Å². The van der Waals surface area contributed by atoms with E-state index in [0.29, 0.717) is 17.1 Å². The van der Waals surface area contributed by atoms with Crippen molar-refractivity contribution in [3.05, 3.63) is 23.3 Å². The summed E-state index contributed by atoms with van der Waals surface area (Å²) in [7, 11) is 4.70. The van der Waals surface area contributed by atoms with E-state index in [1.54, 1.807) is 19.2 Å². The van der Waals surface area contributed by atoms with Crippen molar-refractivity contribution >= 4 is 19.7 Å². The van der Waals surface area contributed by atoms with Gasteiger partial charge in [0.25, 0.3) is 0 Å². The Morgan fingerprint density at radius 2 is 1.63 bits per heavy atom. The van der Waals surface area contributed by atoms with Crippen LogP contribution in [0.15, 0.2) is 12.1 Å². The predicted molar refractivity (Wildman–Crippen MR) is 76.7 cm³/mol. The largest absolute Gasteiger partial charge is 0.496 e. The van der Waals surface area contributed by atoms with Gasteiger partial charge < -0.3 is 9.47 Å². The van der Waals surface area contributed by atoms with Crippen LogP contribution in [0.2, 0.25) is 0 Å². The molecule has 108 valence electrons. The van der Waals surface area contributed by atoms with Crippen LogP contribution in [0.5, 0.6) is 11.5 Å². The van der Waals surface area contributed by atoms with Crippen molar-refractivity contribution in [2.45, 2.75) is 31.9 Å². The van der Waals surface area contributed by atoms with Gasteiger partial charge in [-0.1, -0.05) is 20.8 Å². The maximum atomic E-state index is 11.2. The Morgan fingerprint density at radius 1 is 1.11 bits per heavy atom. The molecule has 1 aromatic rings. The van der Waals surface area contributed by atoms with Crippen molar-refractivity contribution in [2.75, 3.05) is 14.2 Å². The lowest BCUT2D eigenvalue weighted by atomic mass is 9.85. The second-order valence-corrected chi connectivity index (χ2v) is 8.07. The van der Waals surface area contributed by atoms with Crippen molar-refractivity contribution in [3.8, 4) is 11.5 Å². The summed E-state index contributed by atoms with van der Waals surface area (Å²) in [5, 5.41) is 0. The van der Waals surface area contributed by atoms with Gasteiger partial charge in [-0.15, -0.1) is 0 Å². The van der Waals surface area contributed by atoms with Gasteiger partial charge in [-0.05, 0) is 17.5 Å². The first kappa shape index (κ1) is 16.1. The Morgan fingerprint density at radius 3 is 2.00 bits per heavy atom. The summed E-state index contributed by atoms with van der Waals surface area (Å²) >= 11 is 0. The van der Waals surface area contributed by atoms with Crippen LogP contribution in [-0.4, -0.2) is 22.6 Å². The number of benzene rings is 1. The van der Waals surface area contributed by atoms with E-state index in [1.165, 1.54) is 7.11 Å². The minimum absolute atomic E-state index is 0.142. The lowest BCUT2D eigenvalue weighted by Crippen LogP contribution is -2.14. The van der Waals surface area contributed by atoms with Gasteiger partial charge >= 0.3 is 0 Å². The van der Waals surface area contributed by atoms with E-state index in [2.05, 4.69) is 0 Å². The quantitative estimate of drug-likeness (QED) is 0.802. The zero-order valence-corrected chi connectivity index (χ0v) is 13.4. The van der Waals surface area contributed by atoms with E-state index < -0.39 is 9.05 Å². The van der Waals surface area contributed by atoms with E-state index in [1.807, 2.05) is 20.8 Å². The normalized spacial score (nSPS) is 12.3. The average molecular weight is 307 g/mol. The van der Waals surface area contributed by atoms with Crippen molar-refractivity contribution in [1.82, 2.24) is 0 Å². The Hall–Kier alpha value is -0.940. The highest BCUT2D eigenvalue weighted by Crippen LogP contribution is 2.37. The van der Waals surface area contributed by atoms with Crippen LogP contribution >= 0.6 is 10.7 Å². The summed E-state index contributed by atoms with van der Waals surface area (Å²) in [4.78, 5) is 0. The first-order valence-electron chi connectivity index (χ1n) is 5.76. The number of ether oxygens (including phenoxy) is 2. The van der Waals surface area contributed by atoms with Gasteiger partial charge in [-0.2, -0.15) is 0 Å². The van der Waals surface area contributed by atoms with Crippen molar-refractivity contribution in [2.24, 2.45) is 0 Å². The topological polar surface area (TPSA) is 52.6 Å². The maximum absolute atomic E-state index is 11.2. The minimum Gasteiger partial charge on any atom is -0.496 e. The summed E-state index contributed by atoms with van der Waals surface area (Å²) < 4.78 is 33.0. The Balaban J connectivity index is 3.44. The molecule has 0 atom stereocenters. The molecular formula is C13H19ClO4S. The Bertz CT molecular complexity index is 559. The van der Waals surface area contributed by atoms with E-state index in [-0.39, 0.29) is 11.2 Å². The van der Waals surface area contributed by atoms with Gasteiger partial charge in [-0.3, -0.25) is 0 Å². The van der Waals surface area contributed by atoms with Crippen LogP contribution in [-0.2, 0) is 20.2 Å². The SMILES string of the molecule is COc1cc(C(C)(C)C)c(OC)cc1CS(=O)(=O)Cl. The first-order chi connectivity index (χ1) is 8.58. The fraction of sp³-hybridized carbons (Fsp3) is 0.538. The summed E-state index contributed by atoms with van der Waals surface area (Å²) in [5.74, 6) is 0.831. The minimum atomic E-state index is -3.65. The van der Waals surface area contributed by atoms with Crippen LogP contribution in [0.3, 0.4) is 0 Å². The molecule has 0 unspecified atom stereocenters. The third kappa shape index (κ3) is 4.28. The zero-order valence-electron chi connectivity index (χ0n) is 11.8. The molecule has 4 nitrogen and oxygen atoms in total. The Labute approximate surface area is 119 Å². The van der Waals surface area contributed by atoms with Gasteiger partial charge in [0.2, 0.25) is 9.05 Å². The lowest BCUT2D eigenvalue weighted by Gasteiger charge is -2.24. The number of rotatable bonds is 4. The molecule has 1 rings (SSSR count). The van der Waals surface area contributed by atoms with Gasteiger partial charge in [0, 0.05) is 21.8 Å². The van der Waals surface area contributed by atoms with Crippen LogP contribution in [0.1, 0.15) is 31.9 Å². The number of hydrogen-bond donors (Lipinski definition) is 0. The van der Waals surface area contributed by atoms with E-state index >= 15 is 0 Å².